The summed E-state index contributed by atoms with van der Waals surface area (Å²) >= 11 is 0. The van der Waals surface area contributed by atoms with Crippen molar-refractivity contribution in [3.8, 4) is 0 Å². The number of unbranched alkanes of at least 4 members (excludes halogenated alkanes) is 31. The fourth-order valence-electron chi connectivity index (χ4n) is 10.3. The second kappa shape index (κ2) is 71.3. The van der Waals surface area contributed by atoms with Gasteiger partial charge >= 0.3 is 17.9 Å². The molecule has 0 saturated heterocycles. The first kappa shape index (κ1) is 86.4. The van der Waals surface area contributed by atoms with Crippen molar-refractivity contribution in [3.05, 3.63) is 134 Å². The molecule has 520 valence electrons. The van der Waals surface area contributed by atoms with Crippen molar-refractivity contribution < 1.29 is 42.9 Å². The molecule has 0 saturated carbocycles. The number of carbonyl (C=O) groups excluding carboxylic acids is 2. The second-order valence-corrected chi connectivity index (χ2v) is 25.8. The molecule has 0 fully saturated rings. The third-order valence-corrected chi connectivity index (χ3v) is 15.9. The number of carboxylic acid groups (broad SMARTS) is 1. The third kappa shape index (κ3) is 72.7. The smallest absolute Gasteiger partial charge is 0.361 e. The van der Waals surface area contributed by atoms with Gasteiger partial charge < -0.3 is 28.5 Å². The van der Waals surface area contributed by atoms with Crippen molar-refractivity contribution in [2.75, 3.05) is 47.5 Å². The van der Waals surface area contributed by atoms with Gasteiger partial charge in [0.1, 0.15) is 13.2 Å². The maximum Gasteiger partial charge on any atom is 0.361 e. The number of hydrogen-bond donors (Lipinski definition) is 1. The van der Waals surface area contributed by atoms with Crippen molar-refractivity contribution in [3.63, 3.8) is 0 Å². The number of carboxylic acids is 1. The molecule has 0 aliphatic carbocycles. The number of ether oxygens (including phenoxy) is 4. The van der Waals surface area contributed by atoms with Gasteiger partial charge in [-0.1, -0.05) is 321 Å². The lowest BCUT2D eigenvalue weighted by molar-refractivity contribution is -0.870. The number of quaternary nitrogens is 1. The predicted molar refractivity (Wildman–Crippen MR) is 391 cm³/mol. The molecule has 0 aliphatic rings. The molecule has 0 radical (unpaired) electrons. The molecule has 0 spiro atoms. The van der Waals surface area contributed by atoms with Gasteiger partial charge in [-0.25, -0.2) is 4.79 Å². The van der Waals surface area contributed by atoms with Gasteiger partial charge in [-0.15, -0.1) is 0 Å². The summed E-state index contributed by atoms with van der Waals surface area (Å²) in [6.45, 7) is 4.67. The molecule has 0 amide bonds. The average molecular weight is 1270 g/mol. The number of nitrogens with zero attached hydrogens (tertiary/aromatic N) is 1. The van der Waals surface area contributed by atoms with E-state index in [1.54, 1.807) is 0 Å². The van der Waals surface area contributed by atoms with E-state index in [1.807, 2.05) is 21.1 Å². The van der Waals surface area contributed by atoms with Crippen molar-refractivity contribution >= 4 is 17.9 Å². The minimum Gasteiger partial charge on any atom is -0.477 e. The molecule has 0 aromatic carbocycles. The summed E-state index contributed by atoms with van der Waals surface area (Å²) in [4.78, 5) is 37.7. The molecule has 9 nitrogen and oxygen atoms in total. The number of esters is 2. The Morgan fingerprint density at radius 1 is 0.330 bits per heavy atom. The lowest BCUT2D eigenvalue weighted by Gasteiger charge is -2.25. The van der Waals surface area contributed by atoms with Crippen LogP contribution in [0.4, 0.5) is 0 Å². The standard InChI is InChI=1S/C82H139NO8/c1-6-8-10-12-14-16-18-20-22-24-26-28-30-32-34-36-37-38-39-40-41-42-43-45-47-49-51-53-55-57-59-61-63-65-67-69-71-73-80(85)91-78(77-90-82(81(86)87)88-75-74-83(3,4)5)76-89-79(84)72-70-68-66-64-62-60-58-56-54-52-50-48-46-44-35-33-31-29-27-25-23-21-19-17-15-13-11-9-7-2/h8-11,14-17,20-23,26-29,32-35,37-38,78,82H,6-7,12-13,18-19,24-25,30-31,36,39-77H2,1-5H3/p+1/b10-8-,11-9-,16-14-,17-15-,22-20-,23-21-,28-26-,29-27-,34-32-,35-33-,38-37-. The van der Waals surface area contributed by atoms with Crippen molar-refractivity contribution in [2.24, 2.45) is 0 Å². The topological polar surface area (TPSA) is 108 Å². The average Bonchev–Trinajstić information content (AvgIpc) is 3.50. The molecule has 0 aromatic heterocycles. The molecule has 91 heavy (non-hydrogen) atoms. The predicted octanol–water partition coefficient (Wildman–Crippen LogP) is 23.7. The van der Waals surface area contributed by atoms with Crippen LogP contribution in [0.2, 0.25) is 0 Å². The van der Waals surface area contributed by atoms with Crippen LogP contribution in [0.1, 0.15) is 309 Å². The van der Waals surface area contributed by atoms with Crippen LogP contribution in [-0.2, 0) is 33.3 Å². The van der Waals surface area contributed by atoms with Crippen LogP contribution in [-0.4, -0.2) is 87.4 Å². The number of allylic oxidation sites excluding steroid dienone is 22. The molecular formula is C82H140NO8+. The molecular weight excluding hydrogens is 1130 g/mol. The van der Waals surface area contributed by atoms with Gasteiger partial charge in [0, 0.05) is 12.8 Å². The molecule has 1 N–H and O–H groups in total. The zero-order valence-electron chi connectivity index (χ0n) is 59.5. The summed E-state index contributed by atoms with van der Waals surface area (Å²) < 4.78 is 23.0. The van der Waals surface area contributed by atoms with Crippen LogP contribution in [0.25, 0.3) is 0 Å². The Morgan fingerprint density at radius 3 is 0.879 bits per heavy atom. The number of hydrogen-bond acceptors (Lipinski definition) is 7. The Hall–Kier alpha value is -4.57. The number of rotatable bonds is 68. The van der Waals surface area contributed by atoms with Crippen LogP contribution < -0.4 is 0 Å². The van der Waals surface area contributed by atoms with Crippen LogP contribution in [0, 0.1) is 0 Å². The van der Waals surface area contributed by atoms with Crippen LogP contribution >= 0.6 is 0 Å². The highest BCUT2D eigenvalue weighted by atomic mass is 16.7. The minimum atomic E-state index is -1.52. The number of likely N-dealkylation sites (N-methyl/N-ethyl adjacent to an activating group) is 1. The first-order valence-electron chi connectivity index (χ1n) is 37.3. The Morgan fingerprint density at radius 2 is 0.593 bits per heavy atom. The lowest BCUT2D eigenvalue weighted by Crippen LogP contribution is -2.40. The van der Waals surface area contributed by atoms with E-state index in [2.05, 4.69) is 148 Å². The highest BCUT2D eigenvalue weighted by Gasteiger charge is 2.25. The van der Waals surface area contributed by atoms with E-state index >= 15 is 0 Å². The van der Waals surface area contributed by atoms with Crippen LogP contribution in [0.5, 0.6) is 0 Å². The summed E-state index contributed by atoms with van der Waals surface area (Å²) in [5.41, 5.74) is 0. The maximum atomic E-state index is 13.0. The second-order valence-electron chi connectivity index (χ2n) is 25.8. The maximum absolute atomic E-state index is 13.0. The number of carbonyl (C=O) groups is 3. The molecule has 0 bridgehead atoms. The fourth-order valence-corrected chi connectivity index (χ4v) is 10.3. The molecule has 0 aliphatic heterocycles. The summed E-state index contributed by atoms with van der Waals surface area (Å²) in [6.07, 6.45) is 100. The Labute approximate surface area is 560 Å². The van der Waals surface area contributed by atoms with Gasteiger partial charge in [-0.05, 0) is 109 Å². The van der Waals surface area contributed by atoms with Gasteiger partial charge in [0.2, 0.25) is 0 Å². The summed E-state index contributed by atoms with van der Waals surface area (Å²) in [6, 6.07) is 0. The fraction of sp³-hybridized carbons (Fsp3) is 0.695. The van der Waals surface area contributed by atoms with Gasteiger partial charge in [-0.2, -0.15) is 0 Å². The molecule has 0 heterocycles. The van der Waals surface area contributed by atoms with E-state index in [0.29, 0.717) is 17.4 Å². The van der Waals surface area contributed by atoms with E-state index in [9.17, 15) is 19.5 Å². The monoisotopic (exact) mass is 1270 g/mol. The molecule has 0 rings (SSSR count). The highest BCUT2D eigenvalue weighted by Crippen LogP contribution is 2.18. The normalized spacial score (nSPS) is 13.5. The minimum absolute atomic E-state index is 0.184. The van der Waals surface area contributed by atoms with E-state index in [4.69, 9.17) is 18.9 Å². The number of aliphatic carboxylic acids is 1. The third-order valence-electron chi connectivity index (χ3n) is 15.9. The lowest BCUT2D eigenvalue weighted by atomic mass is 10.0. The van der Waals surface area contributed by atoms with E-state index in [0.717, 1.165) is 109 Å². The zero-order chi connectivity index (χ0) is 66.1. The van der Waals surface area contributed by atoms with Crippen molar-refractivity contribution in [2.45, 2.75) is 322 Å². The van der Waals surface area contributed by atoms with Gasteiger partial charge in [0.05, 0.1) is 34.4 Å². The van der Waals surface area contributed by atoms with Gasteiger partial charge in [-0.3, -0.25) is 9.59 Å². The summed E-state index contributed by atoms with van der Waals surface area (Å²) in [7, 11) is 5.98. The first-order chi connectivity index (χ1) is 44.6. The quantitative estimate of drug-likeness (QED) is 0.0211. The van der Waals surface area contributed by atoms with E-state index < -0.39 is 24.3 Å². The van der Waals surface area contributed by atoms with Crippen LogP contribution in [0.3, 0.4) is 0 Å². The van der Waals surface area contributed by atoms with Crippen molar-refractivity contribution in [1.29, 1.82) is 0 Å². The Bertz CT molecular complexity index is 1960. The first-order valence-corrected chi connectivity index (χ1v) is 37.3. The largest absolute Gasteiger partial charge is 0.477 e. The highest BCUT2D eigenvalue weighted by molar-refractivity contribution is 5.71. The van der Waals surface area contributed by atoms with Gasteiger partial charge in [0.15, 0.2) is 6.10 Å². The molecule has 2 unspecified atom stereocenters. The summed E-state index contributed by atoms with van der Waals surface area (Å²) in [5.74, 6) is -2.00. The van der Waals surface area contributed by atoms with Crippen LogP contribution in [0.15, 0.2) is 134 Å². The van der Waals surface area contributed by atoms with Gasteiger partial charge in [0.25, 0.3) is 6.29 Å². The van der Waals surface area contributed by atoms with Crippen molar-refractivity contribution in [1.82, 2.24) is 0 Å². The SMILES string of the molecule is CC/C=C\C/C=C\C/C=C\C/C=C\C/C=C\C/C=C\CCCCCCCCCCCCCCCCCCCCC(=O)OC(COC(=O)CCCCCCCCCCCCCCC/C=C\C/C=C\C/C=C\C/C=C\C/C=C\CC)COC(OCC[N+](C)(C)C)C(=O)O. The molecule has 0 aromatic rings. The summed E-state index contributed by atoms with van der Waals surface area (Å²) in [5, 5.41) is 9.76. The van der Waals surface area contributed by atoms with E-state index in [1.165, 1.54) is 173 Å². The Balaban J connectivity index is 4.07. The molecule has 9 heteroatoms. The van der Waals surface area contributed by atoms with E-state index in [-0.39, 0.29) is 32.2 Å². The molecule has 2 atom stereocenters. The zero-order valence-corrected chi connectivity index (χ0v) is 59.5. The Kier molecular flexibility index (Phi) is 67.7.